The average molecular weight is 380 g/mol. The van der Waals surface area contributed by atoms with E-state index in [4.69, 9.17) is 4.74 Å². The molecule has 0 radical (unpaired) electrons. The molecule has 0 aliphatic carbocycles. The van der Waals surface area contributed by atoms with Crippen molar-refractivity contribution in [1.82, 2.24) is 4.31 Å². The van der Waals surface area contributed by atoms with Crippen molar-refractivity contribution in [2.45, 2.75) is 18.2 Å². The first kappa shape index (κ1) is 18.1. The second kappa shape index (κ2) is 7.65. The van der Waals surface area contributed by atoms with Gasteiger partial charge in [0.2, 0.25) is 10.0 Å². The third-order valence-corrected chi connectivity index (χ3v) is 7.05. The van der Waals surface area contributed by atoms with E-state index in [2.05, 4.69) is 5.32 Å². The number of sulfonamides is 1. The fourth-order valence-corrected chi connectivity index (χ4v) is 5.43. The Labute approximate surface area is 151 Å². The van der Waals surface area contributed by atoms with Crippen LogP contribution in [0.5, 0.6) is 0 Å². The average Bonchev–Trinajstić information content (AvgIpc) is 3.14. The Bertz CT molecular complexity index is 855. The molecule has 1 amide bonds. The molecule has 1 fully saturated rings. The molecule has 1 aromatic heterocycles. The van der Waals surface area contributed by atoms with Gasteiger partial charge in [-0.1, -0.05) is 25.1 Å². The lowest BCUT2D eigenvalue weighted by atomic mass is 10.1. The number of carbonyl (C=O) groups excluding carboxylic acids is 1. The van der Waals surface area contributed by atoms with E-state index < -0.39 is 15.9 Å². The summed E-state index contributed by atoms with van der Waals surface area (Å²) >= 11 is 1.13. The van der Waals surface area contributed by atoms with Crippen molar-refractivity contribution in [2.75, 3.05) is 31.6 Å². The SMILES string of the molecule is CCc1ccccc1NC(=O)c1sccc1S(=O)(=O)N1CCOCC1. The smallest absolute Gasteiger partial charge is 0.267 e. The van der Waals surface area contributed by atoms with E-state index in [9.17, 15) is 13.2 Å². The predicted molar refractivity (Wildman–Crippen MR) is 97.7 cm³/mol. The van der Waals surface area contributed by atoms with Gasteiger partial charge in [0.15, 0.2) is 0 Å². The molecule has 1 saturated heterocycles. The number of thiophene rings is 1. The predicted octanol–water partition coefficient (Wildman–Crippen LogP) is 2.58. The lowest BCUT2D eigenvalue weighted by molar-refractivity contribution is 0.0730. The molecule has 25 heavy (non-hydrogen) atoms. The highest BCUT2D eigenvalue weighted by atomic mass is 32.2. The summed E-state index contributed by atoms with van der Waals surface area (Å²) in [6.07, 6.45) is 0.778. The molecule has 0 saturated carbocycles. The quantitative estimate of drug-likeness (QED) is 0.865. The topological polar surface area (TPSA) is 75.7 Å². The highest BCUT2D eigenvalue weighted by Gasteiger charge is 2.31. The molecule has 2 heterocycles. The summed E-state index contributed by atoms with van der Waals surface area (Å²) in [6.45, 7) is 3.35. The molecule has 3 rings (SSSR count). The number of hydrogen-bond acceptors (Lipinski definition) is 5. The van der Waals surface area contributed by atoms with Crippen molar-refractivity contribution in [2.24, 2.45) is 0 Å². The lowest BCUT2D eigenvalue weighted by Crippen LogP contribution is -2.41. The first-order valence-corrected chi connectivity index (χ1v) is 10.4. The van der Waals surface area contributed by atoms with E-state index in [0.29, 0.717) is 32.0 Å². The number of nitrogens with one attached hydrogen (secondary N) is 1. The number of nitrogens with zero attached hydrogens (tertiary/aromatic N) is 1. The van der Waals surface area contributed by atoms with Gasteiger partial charge in [0.1, 0.15) is 9.77 Å². The highest BCUT2D eigenvalue weighted by Crippen LogP contribution is 2.27. The molecular formula is C17H20N2O4S2. The molecule has 1 N–H and O–H groups in total. The standard InChI is InChI=1S/C17H20N2O4S2/c1-2-13-5-3-4-6-14(13)18-17(20)16-15(7-12-24-16)25(21,22)19-8-10-23-11-9-19/h3-7,12H,2,8-11H2,1H3,(H,18,20). The summed E-state index contributed by atoms with van der Waals surface area (Å²) in [5.41, 5.74) is 1.71. The van der Waals surface area contributed by atoms with Crippen LogP contribution in [0, 0.1) is 0 Å². The largest absolute Gasteiger partial charge is 0.379 e. The summed E-state index contributed by atoms with van der Waals surface area (Å²) < 4.78 is 32.3. The maximum atomic E-state index is 12.8. The monoisotopic (exact) mass is 380 g/mol. The van der Waals surface area contributed by atoms with Gasteiger partial charge in [-0.15, -0.1) is 11.3 Å². The van der Waals surface area contributed by atoms with E-state index in [1.54, 1.807) is 5.38 Å². The zero-order valence-electron chi connectivity index (χ0n) is 13.9. The van der Waals surface area contributed by atoms with E-state index in [-0.39, 0.29) is 9.77 Å². The number of rotatable bonds is 5. The van der Waals surface area contributed by atoms with Gasteiger partial charge in [0, 0.05) is 18.8 Å². The molecule has 0 unspecified atom stereocenters. The molecule has 0 atom stereocenters. The fraction of sp³-hybridized carbons (Fsp3) is 0.353. The molecule has 6 nitrogen and oxygen atoms in total. The maximum Gasteiger partial charge on any atom is 0.267 e. The number of ether oxygens (including phenoxy) is 1. The Balaban J connectivity index is 1.87. The lowest BCUT2D eigenvalue weighted by Gasteiger charge is -2.26. The number of benzene rings is 1. The van der Waals surface area contributed by atoms with Crippen LogP contribution in [0.15, 0.2) is 40.6 Å². The van der Waals surface area contributed by atoms with Crippen LogP contribution in [0.2, 0.25) is 0 Å². The van der Waals surface area contributed by atoms with Crippen molar-refractivity contribution in [3.63, 3.8) is 0 Å². The molecule has 0 bridgehead atoms. The van der Waals surface area contributed by atoms with Gasteiger partial charge >= 0.3 is 0 Å². The van der Waals surface area contributed by atoms with Crippen molar-refractivity contribution in [3.8, 4) is 0 Å². The van der Waals surface area contributed by atoms with Crippen molar-refractivity contribution < 1.29 is 17.9 Å². The first-order chi connectivity index (χ1) is 12.0. The van der Waals surface area contributed by atoms with Crippen LogP contribution in [0.25, 0.3) is 0 Å². The van der Waals surface area contributed by atoms with Crippen LogP contribution < -0.4 is 5.32 Å². The summed E-state index contributed by atoms with van der Waals surface area (Å²) in [4.78, 5) is 13.0. The van der Waals surface area contributed by atoms with E-state index >= 15 is 0 Å². The minimum atomic E-state index is -3.70. The molecule has 8 heteroatoms. The fourth-order valence-electron chi connectivity index (χ4n) is 2.72. The molecule has 2 aromatic rings. The number of anilines is 1. The Hall–Kier alpha value is -1.74. The van der Waals surface area contributed by atoms with Crippen LogP contribution in [0.4, 0.5) is 5.69 Å². The summed E-state index contributed by atoms with van der Waals surface area (Å²) in [6, 6.07) is 9.01. The number of para-hydroxylation sites is 1. The first-order valence-electron chi connectivity index (χ1n) is 8.08. The van der Waals surface area contributed by atoms with E-state index in [0.717, 1.165) is 23.3 Å². The van der Waals surface area contributed by atoms with Gasteiger partial charge in [0.05, 0.1) is 13.2 Å². The zero-order valence-corrected chi connectivity index (χ0v) is 15.5. The third kappa shape index (κ3) is 3.77. The maximum absolute atomic E-state index is 12.8. The molecule has 1 aromatic carbocycles. The summed E-state index contributed by atoms with van der Waals surface area (Å²) in [5, 5.41) is 4.48. The van der Waals surface area contributed by atoms with Crippen molar-refractivity contribution >= 4 is 33.0 Å². The zero-order chi connectivity index (χ0) is 17.9. The minimum Gasteiger partial charge on any atom is -0.379 e. The second-order valence-corrected chi connectivity index (χ2v) is 8.42. The van der Waals surface area contributed by atoms with Gasteiger partial charge in [-0.05, 0) is 29.5 Å². The van der Waals surface area contributed by atoms with Gasteiger partial charge in [-0.2, -0.15) is 4.31 Å². The van der Waals surface area contributed by atoms with E-state index in [1.807, 2.05) is 31.2 Å². The Morgan fingerprint density at radius 2 is 1.96 bits per heavy atom. The molecule has 1 aliphatic heterocycles. The second-order valence-electron chi connectivity index (χ2n) is 5.60. The van der Waals surface area contributed by atoms with Crippen molar-refractivity contribution in [1.29, 1.82) is 0 Å². The molecule has 0 spiro atoms. The van der Waals surface area contributed by atoms with Crippen LogP contribution in [0.1, 0.15) is 22.2 Å². The van der Waals surface area contributed by atoms with Crippen LogP contribution >= 0.6 is 11.3 Å². The van der Waals surface area contributed by atoms with Gasteiger partial charge in [-0.3, -0.25) is 4.79 Å². The number of aryl methyl sites for hydroxylation is 1. The van der Waals surface area contributed by atoms with E-state index in [1.165, 1.54) is 10.4 Å². The normalized spacial score (nSPS) is 15.9. The van der Waals surface area contributed by atoms with Crippen LogP contribution in [-0.4, -0.2) is 44.9 Å². The van der Waals surface area contributed by atoms with Gasteiger partial charge in [-0.25, -0.2) is 8.42 Å². The van der Waals surface area contributed by atoms with Crippen molar-refractivity contribution in [3.05, 3.63) is 46.2 Å². The van der Waals surface area contributed by atoms with Crippen LogP contribution in [-0.2, 0) is 21.2 Å². The summed E-state index contributed by atoms with van der Waals surface area (Å²) in [7, 11) is -3.70. The van der Waals surface area contributed by atoms with Gasteiger partial charge < -0.3 is 10.1 Å². The number of morpholine rings is 1. The number of carbonyl (C=O) groups is 1. The Morgan fingerprint density at radius 3 is 2.68 bits per heavy atom. The Kier molecular flexibility index (Phi) is 5.53. The minimum absolute atomic E-state index is 0.0610. The number of hydrogen-bond donors (Lipinski definition) is 1. The number of amides is 1. The third-order valence-electron chi connectivity index (χ3n) is 4.07. The molecular weight excluding hydrogens is 360 g/mol. The van der Waals surface area contributed by atoms with Crippen LogP contribution in [0.3, 0.4) is 0 Å². The molecule has 134 valence electrons. The Morgan fingerprint density at radius 1 is 1.24 bits per heavy atom. The summed E-state index contributed by atoms with van der Waals surface area (Å²) in [5.74, 6) is -0.400. The van der Waals surface area contributed by atoms with Gasteiger partial charge in [0.25, 0.3) is 5.91 Å². The highest BCUT2D eigenvalue weighted by molar-refractivity contribution is 7.89. The molecule has 1 aliphatic rings.